The lowest BCUT2D eigenvalue weighted by molar-refractivity contribution is 0.0902. The largest absolute Gasteiger partial charge is 0.392 e. The first-order valence-corrected chi connectivity index (χ1v) is 5.88. The predicted octanol–water partition coefficient (Wildman–Crippen LogP) is 2.39. The van der Waals surface area contributed by atoms with Crippen LogP contribution in [-0.4, -0.2) is 21.7 Å². The zero-order chi connectivity index (χ0) is 10.4. The molecule has 14 heavy (non-hydrogen) atoms. The average molecular weight is 306 g/mol. The fourth-order valence-corrected chi connectivity index (χ4v) is 1.26. The summed E-state index contributed by atoms with van der Waals surface area (Å²) in [5.41, 5.74) is 1.17. The van der Waals surface area contributed by atoms with E-state index in [1.54, 1.807) is 6.92 Å². The van der Waals surface area contributed by atoms with Crippen molar-refractivity contribution in [3.63, 3.8) is 0 Å². The Morgan fingerprint density at radius 2 is 2.00 bits per heavy atom. The number of halogens is 1. The van der Waals surface area contributed by atoms with Gasteiger partial charge < -0.3 is 9.84 Å². The van der Waals surface area contributed by atoms with E-state index in [1.165, 1.54) is 5.56 Å². The van der Waals surface area contributed by atoms with E-state index in [0.29, 0.717) is 13.2 Å². The van der Waals surface area contributed by atoms with Gasteiger partial charge in [-0.15, -0.1) is 0 Å². The standard InChI is InChI=1S/C11H15IO2/c1-9(13)11(12)8-14-7-10-5-3-2-4-6-10/h2-6,9,11,13H,7-8H2,1H3/t9-,11+/m1/s1. The zero-order valence-electron chi connectivity index (χ0n) is 8.19. The van der Waals surface area contributed by atoms with Crippen LogP contribution in [0.4, 0.5) is 0 Å². The van der Waals surface area contributed by atoms with Crippen molar-refractivity contribution in [3.8, 4) is 0 Å². The molecule has 0 aromatic heterocycles. The van der Waals surface area contributed by atoms with Gasteiger partial charge in [0.1, 0.15) is 0 Å². The van der Waals surface area contributed by atoms with Crippen LogP contribution in [-0.2, 0) is 11.3 Å². The van der Waals surface area contributed by atoms with E-state index in [2.05, 4.69) is 22.6 Å². The van der Waals surface area contributed by atoms with Gasteiger partial charge in [-0.2, -0.15) is 0 Å². The lowest BCUT2D eigenvalue weighted by atomic mass is 10.2. The number of rotatable bonds is 5. The Bertz CT molecular complexity index is 249. The Hall–Kier alpha value is -0.130. The number of alkyl halides is 1. The van der Waals surface area contributed by atoms with Crippen molar-refractivity contribution in [2.24, 2.45) is 0 Å². The number of benzene rings is 1. The number of aliphatic hydroxyl groups is 1. The summed E-state index contributed by atoms with van der Waals surface area (Å²) in [6, 6.07) is 10.0. The molecule has 0 aliphatic heterocycles. The van der Waals surface area contributed by atoms with Crippen LogP contribution in [0.2, 0.25) is 0 Å². The maximum atomic E-state index is 9.23. The maximum Gasteiger partial charge on any atom is 0.0717 e. The fraction of sp³-hybridized carbons (Fsp3) is 0.455. The molecule has 0 spiro atoms. The highest BCUT2D eigenvalue weighted by Gasteiger charge is 2.09. The van der Waals surface area contributed by atoms with Crippen LogP contribution < -0.4 is 0 Å². The summed E-state index contributed by atoms with van der Waals surface area (Å²) in [7, 11) is 0. The van der Waals surface area contributed by atoms with Gasteiger partial charge >= 0.3 is 0 Å². The van der Waals surface area contributed by atoms with Crippen LogP contribution in [0.5, 0.6) is 0 Å². The fourth-order valence-electron chi connectivity index (χ4n) is 1.00. The molecule has 78 valence electrons. The minimum absolute atomic E-state index is 0.163. The highest BCUT2D eigenvalue weighted by Crippen LogP contribution is 2.08. The van der Waals surface area contributed by atoms with Gasteiger partial charge in [0, 0.05) is 0 Å². The number of aliphatic hydroxyl groups excluding tert-OH is 1. The highest BCUT2D eigenvalue weighted by molar-refractivity contribution is 14.1. The average Bonchev–Trinajstić information content (AvgIpc) is 2.19. The van der Waals surface area contributed by atoms with E-state index in [-0.39, 0.29) is 10.0 Å². The quantitative estimate of drug-likeness (QED) is 0.668. The third kappa shape index (κ3) is 4.39. The summed E-state index contributed by atoms with van der Waals surface area (Å²) in [5, 5.41) is 9.23. The van der Waals surface area contributed by atoms with E-state index in [9.17, 15) is 5.11 Å². The molecule has 0 radical (unpaired) electrons. The molecule has 0 unspecified atom stereocenters. The van der Waals surface area contributed by atoms with E-state index in [4.69, 9.17) is 4.74 Å². The van der Waals surface area contributed by atoms with Crippen LogP contribution in [0, 0.1) is 0 Å². The summed E-state index contributed by atoms with van der Waals surface area (Å²) < 4.78 is 5.64. The van der Waals surface area contributed by atoms with E-state index in [1.807, 2.05) is 30.3 Å². The normalized spacial score (nSPS) is 15.1. The lowest BCUT2D eigenvalue weighted by Gasteiger charge is -2.12. The second-order valence-corrected chi connectivity index (χ2v) is 4.86. The number of ether oxygens (including phenoxy) is 1. The third-order valence-electron chi connectivity index (χ3n) is 1.91. The van der Waals surface area contributed by atoms with Crippen molar-refractivity contribution < 1.29 is 9.84 Å². The minimum Gasteiger partial charge on any atom is -0.392 e. The smallest absolute Gasteiger partial charge is 0.0717 e. The molecule has 2 nitrogen and oxygen atoms in total. The molecule has 1 N–H and O–H groups in total. The van der Waals surface area contributed by atoms with Crippen LogP contribution in [0.3, 0.4) is 0 Å². The first-order valence-electron chi connectivity index (χ1n) is 4.64. The Labute approximate surface area is 98.4 Å². The second-order valence-electron chi connectivity index (χ2n) is 3.26. The van der Waals surface area contributed by atoms with Crippen LogP contribution in [0.1, 0.15) is 12.5 Å². The Morgan fingerprint density at radius 3 is 2.57 bits per heavy atom. The molecule has 2 atom stereocenters. The molecular formula is C11H15IO2. The molecule has 0 bridgehead atoms. The molecule has 0 saturated carbocycles. The number of hydrogen-bond donors (Lipinski definition) is 1. The first-order chi connectivity index (χ1) is 6.70. The van der Waals surface area contributed by atoms with Crippen LogP contribution in [0.15, 0.2) is 30.3 Å². The van der Waals surface area contributed by atoms with Crippen molar-refractivity contribution >= 4 is 22.6 Å². The molecule has 3 heteroatoms. The summed E-state index contributed by atoms with van der Waals surface area (Å²) in [6.07, 6.45) is -0.314. The summed E-state index contributed by atoms with van der Waals surface area (Å²) >= 11 is 2.20. The van der Waals surface area contributed by atoms with Crippen molar-refractivity contribution in [2.75, 3.05) is 6.61 Å². The summed E-state index contributed by atoms with van der Waals surface area (Å²) in [5.74, 6) is 0. The first kappa shape index (κ1) is 11.9. The minimum atomic E-state index is -0.314. The van der Waals surface area contributed by atoms with E-state index in [0.717, 1.165) is 0 Å². The van der Waals surface area contributed by atoms with Crippen LogP contribution >= 0.6 is 22.6 Å². The monoisotopic (exact) mass is 306 g/mol. The molecule has 0 aliphatic carbocycles. The topological polar surface area (TPSA) is 29.5 Å². The molecule has 0 fully saturated rings. The van der Waals surface area contributed by atoms with E-state index < -0.39 is 0 Å². The van der Waals surface area contributed by atoms with Crippen LogP contribution in [0.25, 0.3) is 0 Å². The molecular weight excluding hydrogens is 291 g/mol. The summed E-state index contributed by atoms with van der Waals surface area (Å²) in [4.78, 5) is 0. The maximum absolute atomic E-state index is 9.23. The predicted molar refractivity (Wildman–Crippen MR) is 65.6 cm³/mol. The lowest BCUT2D eigenvalue weighted by Crippen LogP contribution is -2.21. The Balaban J connectivity index is 2.22. The second kappa shape index (κ2) is 6.37. The molecule has 1 rings (SSSR count). The zero-order valence-corrected chi connectivity index (χ0v) is 10.3. The third-order valence-corrected chi connectivity index (χ3v) is 3.31. The van der Waals surface area contributed by atoms with Gasteiger partial charge in [0.15, 0.2) is 0 Å². The molecule has 0 saturated heterocycles. The van der Waals surface area contributed by atoms with E-state index >= 15 is 0 Å². The van der Waals surface area contributed by atoms with Gasteiger partial charge in [-0.1, -0.05) is 52.9 Å². The van der Waals surface area contributed by atoms with Crippen molar-refractivity contribution in [2.45, 2.75) is 23.6 Å². The highest BCUT2D eigenvalue weighted by atomic mass is 127. The van der Waals surface area contributed by atoms with Crippen molar-refractivity contribution in [1.82, 2.24) is 0 Å². The van der Waals surface area contributed by atoms with Gasteiger partial charge in [0.2, 0.25) is 0 Å². The van der Waals surface area contributed by atoms with Gasteiger partial charge in [-0.25, -0.2) is 0 Å². The number of hydrogen-bond acceptors (Lipinski definition) is 2. The van der Waals surface area contributed by atoms with Gasteiger partial charge in [0.05, 0.1) is 23.2 Å². The van der Waals surface area contributed by atoms with Gasteiger partial charge in [0.25, 0.3) is 0 Å². The van der Waals surface area contributed by atoms with Crippen molar-refractivity contribution in [1.29, 1.82) is 0 Å². The summed E-state index contributed by atoms with van der Waals surface area (Å²) in [6.45, 7) is 2.99. The molecule has 1 aromatic rings. The molecule has 0 amide bonds. The molecule has 0 aliphatic rings. The Morgan fingerprint density at radius 1 is 1.36 bits per heavy atom. The molecule has 0 heterocycles. The Kier molecular flexibility index (Phi) is 5.44. The molecule has 1 aromatic carbocycles. The van der Waals surface area contributed by atoms with Gasteiger partial charge in [-0.3, -0.25) is 0 Å². The van der Waals surface area contributed by atoms with Crippen molar-refractivity contribution in [3.05, 3.63) is 35.9 Å². The van der Waals surface area contributed by atoms with Gasteiger partial charge in [-0.05, 0) is 12.5 Å². The SMILES string of the molecule is C[C@@H](O)[C@@H](I)COCc1ccccc1.